The summed E-state index contributed by atoms with van der Waals surface area (Å²) in [5, 5.41) is 0. The molecule has 0 saturated carbocycles. The number of thiocarbonyl (C=S) groups is 1. The van der Waals surface area contributed by atoms with Crippen LogP contribution in [0.3, 0.4) is 0 Å². The molecule has 0 fully saturated rings. The minimum Gasteiger partial charge on any atom is -0.389 e. The number of aromatic nitrogens is 2. The minimum atomic E-state index is 0.409. The first kappa shape index (κ1) is 11.9. The smallest absolute Gasteiger partial charge is 0.138 e. The Kier molecular flexibility index (Phi) is 2.80. The molecule has 0 radical (unpaired) electrons. The van der Waals surface area contributed by atoms with Gasteiger partial charge in [0.1, 0.15) is 10.8 Å². The van der Waals surface area contributed by atoms with Gasteiger partial charge in [-0.3, -0.25) is 0 Å². The molecule has 0 atom stereocenters. The number of rotatable bonds is 2. The molecule has 0 saturated heterocycles. The zero-order valence-electron chi connectivity index (χ0n) is 10.5. The summed E-state index contributed by atoms with van der Waals surface area (Å²) >= 11 is 4.94. The van der Waals surface area contributed by atoms with E-state index in [-0.39, 0.29) is 0 Å². The van der Waals surface area contributed by atoms with Gasteiger partial charge < -0.3 is 10.7 Å². The molecule has 0 aliphatic heterocycles. The van der Waals surface area contributed by atoms with Crippen LogP contribution in [0.25, 0.3) is 22.4 Å². The summed E-state index contributed by atoms with van der Waals surface area (Å²) in [6, 6.07) is 13.9. The molecule has 3 N–H and O–H groups in total. The van der Waals surface area contributed by atoms with Crippen LogP contribution in [0.2, 0.25) is 0 Å². The second-order valence-electron chi connectivity index (χ2n) is 4.55. The number of nitrogens with zero attached hydrogens (tertiary/aromatic N) is 1. The van der Waals surface area contributed by atoms with E-state index >= 15 is 0 Å². The fourth-order valence-corrected chi connectivity index (χ4v) is 2.19. The largest absolute Gasteiger partial charge is 0.389 e. The van der Waals surface area contributed by atoms with Gasteiger partial charge in [0.25, 0.3) is 0 Å². The number of fused-ring (bicyclic) bond motifs is 1. The predicted molar refractivity (Wildman–Crippen MR) is 82.2 cm³/mol. The first-order valence-electron chi connectivity index (χ1n) is 6.00. The summed E-state index contributed by atoms with van der Waals surface area (Å²) in [5.41, 5.74) is 10.7. The Balaban J connectivity index is 2.06. The molecule has 3 nitrogen and oxygen atoms in total. The van der Waals surface area contributed by atoms with E-state index in [9.17, 15) is 0 Å². The Labute approximate surface area is 116 Å². The summed E-state index contributed by atoms with van der Waals surface area (Å²) < 4.78 is 0. The summed E-state index contributed by atoms with van der Waals surface area (Å²) in [6.45, 7) is 2.07. The lowest BCUT2D eigenvalue weighted by Crippen LogP contribution is -2.08. The van der Waals surface area contributed by atoms with Gasteiger partial charge in [-0.2, -0.15) is 0 Å². The predicted octanol–water partition coefficient (Wildman–Crippen LogP) is 3.17. The van der Waals surface area contributed by atoms with Crippen molar-refractivity contribution in [2.75, 3.05) is 0 Å². The number of imidazole rings is 1. The normalized spacial score (nSPS) is 10.8. The Morgan fingerprint density at radius 3 is 2.58 bits per heavy atom. The van der Waals surface area contributed by atoms with Crippen molar-refractivity contribution in [2.24, 2.45) is 5.73 Å². The van der Waals surface area contributed by atoms with Crippen LogP contribution in [0, 0.1) is 6.92 Å². The third-order valence-electron chi connectivity index (χ3n) is 3.08. The van der Waals surface area contributed by atoms with Crippen molar-refractivity contribution in [3.05, 3.63) is 53.6 Å². The Morgan fingerprint density at radius 1 is 1.16 bits per heavy atom. The highest BCUT2D eigenvalue weighted by atomic mass is 32.1. The number of nitrogens with two attached hydrogens (primary N) is 1. The van der Waals surface area contributed by atoms with E-state index in [0.29, 0.717) is 4.99 Å². The van der Waals surface area contributed by atoms with E-state index in [1.165, 1.54) is 5.56 Å². The number of nitrogens with one attached hydrogen (secondary N) is 1. The number of H-pyrrole nitrogens is 1. The third kappa shape index (κ3) is 2.22. The monoisotopic (exact) mass is 267 g/mol. The standard InChI is InChI=1S/C15H13N3S/c1-9-2-7-12-13(8-9)18-15(17-12)11-5-3-10(4-6-11)14(16)19/h2-8H,1H3,(H2,16,19)(H,17,18). The maximum Gasteiger partial charge on any atom is 0.138 e. The molecule has 0 aliphatic carbocycles. The molecular weight excluding hydrogens is 254 g/mol. The molecule has 1 aromatic heterocycles. The van der Waals surface area contributed by atoms with Gasteiger partial charge in [0.15, 0.2) is 0 Å². The van der Waals surface area contributed by atoms with Crippen molar-refractivity contribution < 1.29 is 0 Å². The van der Waals surface area contributed by atoms with Gasteiger partial charge in [0.2, 0.25) is 0 Å². The maximum atomic E-state index is 5.59. The highest BCUT2D eigenvalue weighted by Crippen LogP contribution is 2.21. The molecule has 0 aliphatic rings. The zero-order valence-corrected chi connectivity index (χ0v) is 11.3. The molecule has 3 rings (SSSR count). The van der Waals surface area contributed by atoms with Crippen molar-refractivity contribution >= 4 is 28.2 Å². The second-order valence-corrected chi connectivity index (χ2v) is 4.99. The molecule has 0 amide bonds. The van der Waals surface area contributed by atoms with Gasteiger partial charge in [-0.15, -0.1) is 0 Å². The van der Waals surface area contributed by atoms with Gasteiger partial charge in [-0.1, -0.05) is 42.5 Å². The summed E-state index contributed by atoms with van der Waals surface area (Å²) in [4.78, 5) is 8.31. The topological polar surface area (TPSA) is 54.7 Å². The minimum absolute atomic E-state index is 0.409. The van der Waals surface area contributed by atoms with Gasteiger partial charge in [-0.25, -0.2) is 4.98 Å². The Hall–Kier alpha value is -2.20. The van der Waals surface area contributed by atoms with E-state index in [0.717, 1.165) is 28.0 Å². The van der Waals surface area contributed by atoms with E-state index in [1.807, 2.05) is 30.3 Å². The number of aromatic amines is 1. The van der Waals surface area contributed by atoms with Crippen LogP contribution in [0.15, 0.2) is 42.5 Å². The van der Waals surface area contributed by atoms with Crippen molar-refractivity contribution in [3.8, 4) is 11.4 Å². The van der Waals surface area contributed by atoms with Crippen molar-refractivity contribution in [1.29, 1.82) is 0 Å². The van der Waals surface area contributed by atoms with Crippen LogP contribution in [0.1, 0.15) is 11.1 Å². The Bertz CT molecular complexity index is 757. The van der Waals surface area contributed by atoms with Crippen molar-refractivity contribution in [3.63, 3.8) is 0 Å². The second kappa shape index (κ2) is 4.48. The first-order valence-corrected chi connectivity index (χ1v) is 6.41. The van der Waals surface area contributed by atoms with Crippen LogP contribution in [0.5, 0.6) is 0 Å². The molecule has 0 unspecified atom stereocenters. The molecule has 0 spiro atoms. The van der Waals surface area contributed by atoms with E-state index in [1.54, 1.807) is 0 Å². The number of aryl methyl sites for hydroxylation is 1. The van der Waals surface area contributed by atoms with Crippen molar-refractivity contribution in [1.82, 2.24) is 9.97 Å². The number of hydrogen-bond donors (Lipinski definition) is 2. The van der Waals surface area contributed by atoms with E-state index in [4.69, 9.17) is 18.0 Å². The van der Waals surface area contributed by atoms with Gasteiger partial charge >= 0.3 is 0 Å². The van der Waals surface area contributed by atoms with E-state index < -0.39 is 0 Å². The van der Waals surface area contributed by atoms with Gasteiger partial charge in [0.05, 0.1) is 11.0 Å². The highest BCUT2D eigenvalue weighted by molar-refractivity contribution is 7.80. The molecule has 0 bridgehead atoms. The molecule has 19 heavy (non-hydrogen) atoms. The molecule has 2 aromatic carbocycles. The summed E-state index contributed by atoms with van der Waals surface area (Å²) in [7, 11) is 0. The molecule has 3 aromatic rings. The zero-order chi connectivity index (χ0) is 13.4. The lowest BCUT2D eigenvalue weighted by Gasteiger charge is -1.99. The van der Waals surface area contributed by atoms with Crippen molar-refractivity contribution in [2.45, 2.75) is 6.92 Å². The van der Waals surface area contributed by atoms with Gasteiger partial charge in [-0.05, 0) is 24.6 Å². The lowest BCUT2D eigenvalue weighted by molar-refractivity contribution is 1.33. The molecule has 1 heterocycles. The van der Waals surface area contributed by atoms with Crippen LogP contribution < -0.4 is 5.73 Å². The fraction of sp³-hybridized carbons (Fsp3) is 0.0667. The van der Waals surface area contributed by atoms with Crippen LogP contribution in [0.4, 0.5) is 0 Å². The van der Waals surface area contributed by atoms with Gasteiger partial charge in [0, 0.05) is 11.1 Å². The molecule has 4 heteroatoms. The lowest BCUT2D eigenvalue weighted by atomic mass is 10.1. The third-order valence-corrected chi connectivity index (χ3v) is 3.32. The molecular formula is C15H13N3S. The maximum absolute atomic E-state index is 5.59. The Morgan fingerprint density at radius 2 is 1.89 bits per heavy atom. The fourth-order valence-electron chi connectivity index (χ4n) is 2.05. The SMILES string of the molecule is Cc1ccc2nc(-c3ccc(C(N)=S)cc3)[nH]c2c1. The highest BCUT2D eigenvalue weighted by Gasteiger charge is 2.05. The molecule has 94 valence electrons. The van der Waals surface area contributed by atoms with E-state index in [2.05, 4.69) is 29.0 Å². The average molecular weight is 267 g/mol. The van der Waals surface area contributed by atoms with Crippen LogP contribution in [-0.2, 0) is 0 Å². The summed E-state index contributed by atoms with van der Waals surface area (Å²) in [5.74, 6) is 0.857. The quantitative estimate of drug-likeness (QED) is 0.701. The average Bonchev–Trinajstić information content (AvgIpc) is 2.81. The van der Waals surface area contributed by atoms with Crippen LogP contribution >= 0.6 is 12.2 Å². The van der Waals surface area contributed by atoms with Crippen LogP contribution in [-0.4, -0.2) is 15.0 Å². The number of benzene rings is 2. The summed E-state index contributed by atoms with van der Waals surface area (Å²) in [6.07, 6.45) is 0. The first-order chi connectivity index (χ1) is 9.13. The number of hydrogen-bond acceptors (Lipinski definition) is 2.